The van der Waals surface area contributed by atoms with Crippen LogP contribution in [-0.4, -0.2) is 28.7 Å². The molecular formula is C11H17ClO2Si. The normalized spacial score (nSPS) is 13.9. The first-order valence-electron chi connectivity index (χ1n) is 4.89. The summed E-state index contributed by atoms with van der Waals surface area (Å²) in [4.78, 5) is 0. The minimum Gasteiger partial charge on any atom is -0.397 e. The fraction of sp³-hybridized carbons (Fsp3) is 0.455. The second kappa shape index (κ2) is 5.65. The van der Waals surface area contributed by atoms with Crippen LogP contribution in [0.1, 0.15) is 11.1 Å². The van der Waals surface area contributed by atoms with Gasteiger partial charge in [-0.25, -0.2) is 0 Å². The molecule has 4 heteroatoms. The van der Waals surface area contributed by atoms with Gasteiger partial charge in [0.2, 0.25) is 0 Å². The minimum absolute atomic E-state index is 0.162. The van der Waals surface area contributed by atoms with E-state index in [1.807, 2.05) is 24.7 Å². The summed E-state index contributed by atoms with van der Waals surface area (Å²) in [5, 5.41) is 0. The number of hydrogen-bond acceptors (Lipinski definition) is 2. The summed E-state index contributed by atoms with van der Waals surface area (Å²) in [6.07, 6.45) is 0. The zero-order chi connectivity index (χ0) is 11.3. The highest BCUT2D eigenvalue weighted by atomic mass is 35.5. The van der Waals surface area contributed by atoms with Crippen molar-refractivity contribution in [1.29, 1.82) is 0 Å². The van der Waals surface area contributed by atoms with Crippen LogP contribution in [0.4, 0.5) is 0 Å². The molecule has 0 heterocycles. The molecule has 2 nitrogen and oxygen atoms in total. The van der Waals surface area contributed by atoms with Crippen molar-refractivity contribution in [3.63, 3.8) is 0 Å². The highest BCUT2D eigenvalue weighted by Crippen LogP contribution is 2.29. The quantitative estimate of drug-likeness (QED) is 0.586. The van der Waals surface area contributed by atoms with Gasteiger partial charge in [-0.1, -0.05) is 30.3 Å². The summed E-state index contributed by atoms with van der Waals surface area (Å²) in [5.41, 5.74) is 1.35. The fourth-order valence-corrected chi connectivity index (χ4v) is 4.42. The molecule has 0 aromatic heterocycles. The number of hydrogen-bond donors (Lipinski definition) is 0. The predicted molar refractivity (Wildman–Crippen MR) is 65.5 cm³/mol. The van der Waals surface area contributed by atoms with E-state index in [2.05, 4.69) is 12.1 Å². The first-order valence-corrected chi connectivity index (χ1v) is 7.82. The molecule has 15 heavy (non-hydrogen) atoms. The van der Waals surface area contributed by atoms with Crippen LogP contribution in [-0.2, 0) is 8.85 Å². The predicted octanol–water partition coefficient (Wildman–Crippen LogP) is 2.91. The molecule has 0 saturated carbocycles. The van der Waals surface area contributed by atoms with Crippen molar-refractivity contribution in [3.05, 3.63) is 35.9 Å². The number of rotatable bonds is 5. The lowest BCUT2D eigenvalue weighted by atomic mass is 10.2. The van der Waals surface area contributed by atoms with E-state index in [0.29, 0.717) is 5.88 Å². The molecule has 1 rings (SSSR count). The van der Waals surface area contributed by atoms with E-state index < -0.39 is 8.56 Å². The monoisotopic (exact) mass is 244 g/mol. The highest BCUT2D eigenvalue weighted by Gasteiger charge is 2.39. The van der Waals surface area contributed by atoms with E-state index in [9.17, 15) is 0 Å². The minimum atomic E-state index is -2.20. The molecule has 1 unspecified atom stereocenters. The number of halogens is 1. The van der Waals surface area contributed by atoms with E-state index in [1.54, 1.807) is 14.2 Å². The number of benzene rings is 1. The zero-order valence-electron chi connectivity index (χ0n) is 9.37. The Kier molecular flexibility index (Phi) is 4.79. The van der Waals surface area contributed by atoms with E-state index in [0.717, 1.165) is 0 Å². The van der Waals surface area contributed by atoms with Crippen LogP contribution in [0.5, 0.6) is 0 Å². The third-order valence-electron chi connectivity index (χ3n) is 2.80. The van der Waals surface area contributed by atoms with Crippen molar-refractivity contribution in [2.45, 2.75) is 12.1 Å². The van der Waals surface area contributed by atoms with E-state index >= 15 is 0 Å². The molecule has 0 N–H and O–H groups in total. The Labute approximate surface area is 97.4 Å². The van der Waals surface area contributed by atoms with Gasteiger partial charge in [0.1, 0.15) is 0 Å². The lowest BCUT2D eigenvalue weighted by Crippen LogP contribution is -2.44. The standard InChI is InChI=1S/C11H17ClO2Si/c1-13-15(3,14-2)11(9-12)10-7-5-4-6-8-10/h4-8,11H,9H2,1-3H3. The summed E-state index contributed by atoms with van der Waals surface area (Å²) < 4.78 is 11.1. The van der Waals surface area contributed by atoms with Gasteiger partial charge in [0.15, 0.2) is 0 Å². The molecule has 1 atom stereocenters. The first-order chi connectivity index (χ1) is 7.18. The molecule has 1 aromatic rings. The van der Waals surface area contributed by atoms with Gasteiger partial charge >= 0.3 is 8.56 Å². The Morgan fingerprint density at radius 2 is 1.73 bits per heavy atom. The van der Waals surface area contributed by atoms with Crippen molar-refractivity contribution >= 4 is 20.2 Å². The van der Waals surface area contributed by atoms with Crippen molar-refractivity contribution in [2.75, 3.05) is 20.1 Å². The van der Waals surface area contributed by atoms with Gasteiger partial charge in [-0.05, 0) is 12.1 Å². The summed E-state index contributed by atoms with van der Waals surface area (Å²) in [7, 11) is 1.19. The Morgan fingerprint density at radius 3 is 2.13 bits per heavy atom. The van der Waals surface area contributed by atoms with Gasteiger partial charge in [-0.15, -0.1) is 11.6 Å². The Bertz CT molecular complexity index is 288. The van der Waals surface area contributed by atoms with Crippen LogP contribution < -0.4 is 0 Å². The topological polar surface area (TPSA) is 18.5 Å². The molecule has 84 valence electrons. The maximum absolute atomic E-state index is 6.02. The van der Waals surface area contributed by atoms with Crippen LogP contribution in [0.2, 0.25) is 6.55 Å². The Balaban J connectivity index is 2.98. The average Bonchev–Trinajstić information content (AvgIpc) is 2.31. The highest BCUT2D eigenvalue weighted by molar-refractivity contribution is 6.68. The van der Waals surface area contributed by atoms with Gasteiger partial charge in [-0.2, -0.15) is 0 Å². The second-order valence-corrected chi connectivity index (χ2v) is 7.40. The van der Waals surface area contributed by atoms with Gasteiger partial charge in [0, 0.05) is 25.6 Å². The summed E-state index contributed by atoms with van der Waals surface area (Å²) >= 11 is 6.02. The zero-order valence-corrected chi connectivity index (χ0v) is 11.1. The molecule has 0 amide bonds. The molecule has 0 aliphatic rings. The summed E-state index contributed by atoms with van der Waals surface area (Å²) in [6.45, 7) is 2.03. The van der Waals surface area contributed by atoms with Gasteiger partial charge < -0.3 is 8.85 Å². The molecule has 0 fully saturated rings. The Hall–Kier alpha value is -0.353. The van der Waals surface area contributed by atoms with Crippen molar-refractivity contribution < 1.29 is 8.85 Å². The molecule has 0 spiro atoms. The molecule has 0 aliphatic heterocycles. The average molecular weight is 245 g/mol. The second-order valence-electron chi connectivity index (χ2n) is 3.54. The van der Waals surface area contributed by atoms with Crippen LogP contribution >= 0.6 is 11.6 Å². The summed E-state index contributed by atoms with van der Waals surface area (Å²) in [5.74, 6) is 0.522. The number of alkyl halides is 1. The van der Waals surface area contributed by atoms with Crippen molar-refractivity contribution in [1.82, 2.24) is 0 Å². The van der Waals surface area contributed by atoms with Crippen LogP contribution in [0.15, 0.2) is 30.3 Å². The lowest BCUT2D eigenvalue weighted by Gasteiger charge is -2.30. The van der Waals surface area contributed by atoms with Crippen molar-refractivity contribution in [2.24, 2.45) is 0 Å². The van der Waals surface area contributed by atoms with Gasteiger partial charge in [-0.3, -0.25) is 0 Å². The molecule has 0 radical (unpaired) electrons. The van der Waals surface area contributed by atoms with E-state index in [1.165, 1.54) is 5.56 Å². The molecule has 0 aliphatic carbocycles. The molecular weight excluding hydrogens is 228 g/mol. The smallest absolute Gasteiger partial charge is 0.343 e. The van der Waals surface area contributed by atoms with E-state index in [-0.39, 0.29) is 5.54 Å². The Morgan fingerprint density at radius 1 is 1.20 bits per heavy atom. The third-order valence-corrected chi connectivity index (χ3v) is 6.79. The molecule has 1 aromatic carbocycles. The lowest BCUT2D eigenvalue weighted by molar-refractivity contribution is 0.240. The fourth-order valence-electron chi connectivity index (χ4n) is 1.59. The van der Waals surface area contributed by atoms with Gasteiger partial charge in [0.25, 0.3) is 0 Å². The van der Waals surface area contributed by atoms with Crippen LogP contribution in [0.3, 0.4) is 0 Å². The maximum atomic E-state index is 6.02. The van der Waals surface area contributed by atoms with E-state index in [4.69, 9.17) is 20.5 Å². The first kappa shape index (κ1) is 12.7. The van der Waals surface area contributed by atoms with Gasteiger partial charge in [0.05, 0.1) is 0 Å². The largest absolute Gasteiger partial charge is 0.397 e. The maximum Gasteiger partial charge on any atom is 0.343 e. The summed E-state index contributed by atoms with van der Waals surface area (Å²) in [6, 6.07) is 10.1. The van der Waals surface area contributed by atoms with Crippen LogP contribution in [0.25, 0.3) is 0 Å². The molecule has 0 saturated heterocycles. The SMILES string of the molecule is CO[Si](C)(OC)C(CCl)c1ccccc1. The molecule has 0 bridgehead atoms. The van der Waals surface area contributed by atoms with Crippen molar-refractivity contribution in [3.8, 4) is 0 Å². The van der Waals surface area contributed by atoms with Crippen LogP contribution in [0, 0.1) is 0 Å². The third kappa shape index (κ3) is 2.81.